The monoisotopic (exact) mass is 232 g/mol. The molecule has 0 radical (unpaired) electrons. The summed E-state index contributed by atoms with van der Waals surface area (Å²) in [6.45, 7) is 4.36. The maximum absolute atomic E-state index is 10.8. The molecule has 0 aliphatic heterocycles. The van der Waals surface area contributed by atoms with E-state index in [9.17, 15) is 4.79 Å². The number of carbonyl (C=O) groups is 1. The van der Waals surface area contributed by atoms with Crippen molar-refractivity contribution in [1.82, 2.24) is 0 Å². The first kappa shape index (κ1) is 13.0. The zero-order valence-corrected chi connectivity index (χ0v) is 10.3. The summed E-state index contributed by atoms with van der Waals surface area (Å²) < 4.78 is 0. The Kier molecular flexibility index (Phi) is 4.11. The Balaban J connectivity index is 2.93. The van der Waals surface area contributed by atoms with Gasteiger partial charge in [-0.15, -0.1) is 0 Å². The van der Waals surface area contributed by atoms with Crippen LogP contribution in [0.25, 0.3) is 0 Å². The normalized spacial score (nSPS) is 11.6. The lowest BCUT2D eigenvalue weighted by atomic mass is 10.1. The molecular weight excluding hydrogens is 216 g/mol. The predicted molar refractivity (Wildman–Crippen MR) is 66.2 cm³/mol. The first-order chi connectivity index (χ1) is 7.95. The summed E-state index contributed by atoms with van der Waals surface area (Å²) in [6, 6.07) is 7.19. The Morgan fingerprint density at radius 1 is 1.59 bits per heavy atom. The van der Waals surface area contributed by atoms with E-state index in [2.05, 4.69) is 6.07 Å². The van der Waals surface area contributed by atoms with Crippen LogP contribution in [0.15, 0.2) is 18.2 Å². The zero-order valence-electron chi connectivity index (χ0n) is 10.3. The van der Waals surface area contributed by atoms with Gasteiger partial charge < -0.3 is 10.0 Å². The molecule has 0 amide bonds. The van der Waals surface area contributed by atoms with Crippen molar-refractivity contribution in [2.45, 2.75) is 13.8 Å². The fourth-order valence-corrected chi connectivity index (χ4v) is 1.77. The largest absolute Gasteiger partial charge is 0.478 e. The summed E-state index contributed by atoms with van der Waals surface area (Å²) in [5.74, 6) is -0.980. The Labute approximate surface area is 101 Å². The van der Waals surface area contributed by atoms with Gasteiger partial charge in [0.25, 0.3) is 0 Å². The Hall–Kier alpha value is -2.02. The second-order valence-electron chi connectivity index (χ2n) is 4.22. The minimum absolute atomic E-state index is 0.0569. The second kappa shape index (κ2) is 5.35. The third-order valence-corrected chi connectivity index (χ3v) is 2.62. The molecule has 0 spiro atoms. The number of aromatic carboxylic acids is 1. The van der Waals surface area contributed by atoms with Crippen LogP contribution in [0.5, 0.6) is 0 Å². The van der Waals surface area contributed by atoms with Crippen molar-refractivity contribution >= 4 is 11.7 Å². The smallest absolute Gasteiger partial charge is 0.335 e. The number of benzene rings is 1. The summed E-state index contributed by atoms with van der Waals surface area (Å²) in [5.41, 5.74) is 2.14. The van der Waals surface area contributed by atoms with Crippen LogP contribution in [0, 0.1) is 24.2 Å². The van der Waals surface area contributed by atoms with E-state index < -0.39 is 5.97 Å². The van der Waals surface area contributed by atoms with Crippen LogP contribution in [-0.2, 0) is 0 Å². The second-order valence-corrected chi connectivity index (χ2v) is 4.22. The highest BCUT2D eigenvalue weighted by Gasteiger charge is 2.10. The van der Waals surface area contributed by atoms with E-state index in [1.807, 2.05) is 25.8 Å². The molecule has 4 nitrogen and oxygen atoms in total. The van der Waals surface area contributed by atoms with Gasteiger partial charge in [0.1, 0.15) is 0 Å². The van der Waals surface area contributed by atoms with Gasteiger partial charge in [0, 0.05) is 19.3 Å². The minimum Gasteiger partial charge on any atom is -0.478 e. The maximum atomic E-state index is 10.8. The maximum Gasteiger partial charge on any atom is 0.335 e. The number of nitrogens with zero attached hydrogens (tertiary/aromatic N) is 2. The molecule has 90 valence electrons. The van der Waals surface area contributed by atoms with Crippen molar-refractivity contribution < 1.29 is 9.90 Å². The zero-order chi connectivity index (χ0) is 13.0. The molecule has 1 unspecified atom stereocenters. The molecule has 1 N–H and O–H groups in total. The number of hydrogen-bond donors (Lipinski definition) is 1. The fraction of sp³-hybridized carbons (Fsp3) is 0.385. The number of aryl methyl sites for hydroxylation is 1. The first-order valence-electron chi connectivity index (χ1n) is 5.40. The number of rotatable bonds is 4. The fourth-order valence-electron chi connectivity index (χ4n) is 1.77. The predicted octanol–water partition coefficient (Wildman–Crippen LogP) is 2.29. The van der Waals surface area contributed by atoms with Crippen molar-refractivity contribution in [2.75, 3.05) is 18.5 Å². The van der Waals surface area contributed by atoms with Crippen molar-refractivity contribution in [2.24, 2.45) is 5.92 Å². The molecule has 0 heterocycles. The van der Waals surface area contributed by atoms with Crippen molar-refractivity contribution in [3.63, 3.8) is 0 Å². The van der Waals surface area contributed by atoms with E-state index in [0.29, 0.717) is 6.54 Å². The van der Waals surface area contributed by atoms with Crippen molar-refractivity contribution in [3.8, 4) is 6.07 Å². The van der Waals surface area contributed by atoms with Crippen molar-refractivity contribution in [3.05, 3.63) is 29.3 Å². The summed E-state index contributed by atoms with van der Waals surface area (Å²) in [4.78, 5) is 12.8. The van der Waals surface area contributed by atoms with Crippen LogP contribution in [0.4, 0.5) is 5.69 Å². The molecule has 1 aromatic carbocycles. The van der Waals surface area contributed by atoms with Gasteiger partial charge in [-0.3, -0.25) is 0 Å². The van der Waals surface area contributed by atoms with Gasteiger partial charge in [0.15, 0.2) is 0 Å². The summed E-state index contributed by atoms with van der Waals surface area (Å²) >= 11 is 0. The molecule has 17 heavy (non-hydrogen) atoms. The number of nitriles is 1. The van der Waals surface area contributed by atoms with E-state index in [4.69, 9.17) is 10.4 Å². The topological polar surface area (TPSA) is 64.3 Å². The summed E-state index contributed by atoms with van der Waals surface area (Å²) in [6.07, 6.45) is 0. The first-order valence-corrected chi connectivity index (χ1v) is 5.40. The lowest BCUT2D eigenvalue weighted by Crippen LogP contribution is -2.24. The molecule has 0 bridgehead atoms. The number of hydrogen-bond acceptors (Lipinski definition) is 3. The van der Waals surface area contributed by atoms with Crippen LogP contribution in [0.3, 0.4) is 0 Å². The Bertz CT molecular complexity index is 463. The third-order valence-electron chi connectivity index (χ3n) is 2.62. The molecule has 4 heteroatoms. The van der Waals surface area contributed by atoms with Gasteiger partial charge in [-0.2, -0.15) is 5.26 Å². The number of anilines is 1. The SMILES string of the molecule is Cc1cc(C(=O)O)ccc1N(C)CC(C)C#N. The Morgan fingerprint density at radius 2 is 2.24 bits per heavy atom. The molecule has 1 aromatic rings. The molecule has 0 saturated carbocycles. The lowest BCUT2D eigenvalue weighted by molar-refractivity contribution is 0.0697. The average molecular weight is 232 g/mol. The van der Waals surface area contributed by atoms with E-state index in [1.165, 1.54) is 0 Å². The van der Waals surface area contributed by atoms with Gasteiger partial charge in [-0.25, -0.2) is 4.79 Å². The number of carboxylic acid groups (broad SMARTS) is 1. The van der Waals surface area contributed by atoms with Gasteiger partial charge in [0.05, 0.1) is 17.6 Å². The van der Waals surface area contributed by atoms with Crippen LogP contribution in [0.2, 0.25) is 0 Å². The van der Waals surface area contributed by atoms with E-state index in [1.54, 1.807) is 18.2 Å². The summed E-state index contributed by atoms with van der Waals surface area (Å²) in [5, 5.41) is 17.6. The quantitative estimate of drug-likeness (QED) is 0.865. The lowest BCUT2D eigenvalue weighted by Gasteiger charge is -2.22. The molecule has 1 rings (SSSR count). The summed E-state index contributed by atoms with van der Waals surface area (Å²) in [7, 11) is 1.90. The molecular formula is C13H16N2O2. The van der Waals surface area contributed by atoms with Crippen LogP contribution < -0.4 is 4.90 Å². The van der Waals surface area contributed by atoms with Crippen LogP contribution >= 0.6 is 0 Å². The molecule has 0 saturated heterocycles. The Morgan fingerprint density at radius 3 is 2.71 bits per heavy atom. The molecule has 0 aliphatic carbocycles. The minimum atomic E-state index is -0.923. The van der Waals surface area contributed by atoms with Crippen LogP contribution in [-0.4, -0.2) is 24.7 Å². The van der Waals surface area contributed by atoms with E-state index in [-0.39, 0.29) is 11.5 Å². The molecule has 0 fully saturated rings. The van der Waals surface area contributed by atoms with E-state index in [0.717, 1.165) is 11.3 Å². The average Bonchev–Trinajstić information content (AvgIpc) is 2.28. The molecule has 0 aromatic heterocycles. The highest BCUT2D eigenvalue weighted by atomic mass is 16.4. The standard InChI is InChI=1S/C13H16N2O2/c1-9(7-14)8-15(3)12-5-4-11(13(16)17)6-10(12)2/h4-6,9H,8H2,1-3H3,(H,16,17). The van der Waals surface area contributed by atoms with Crippen molar-refractivity contribution in [1.29, 1.82) is 5.26 Å². The van der Waals surface area contributed by atoms with E-state index >= 15 is 0 Å². The van der Waals surface area contributed by atoms with Gasteiger partial charge in [0.2, 0.25) is 0 Å². The highest BCUT2D eigenvalue weighted by Crippen LogP contribution is 2.21. The van der Waals surface area contributed by atoms with Gasteiger partial charge >= 0.3 is 5.97 Å². The van der Waals surface area contributed by atoms with Crippen LogP contribution in [0.1, 0.15) is 22.8 Å². The number of carboxylic acids is 1. The molecule has 0 aliphatic rings. The van der Waals surface area contributed by atoms with Gasteiger partial charge in [-0.05, 0) is 37.6 Å². The highest BCUT2D eigenvalue weighted by molar-refractivity contribution is 5.88. The van der Waals surface area contributed by atoms with Gasteiger partial charge in [-0.1, -0.05) is 0 Å². The third kappa shape index (κ3) is 3.22. The molecule has 1 atom stereocenters.